The van der Waals surface area contributed by atoms with E-state index in [0.29, 0.717) is 12.1 Å². The van der Waals surface area contributed by atoms with Crippen molar-refractivity contribution >= 4 is 0 Å². The molecule has 0 bridgehead atoms. The second kappa shape index (κ2) is 4.18. The van der Waals surface area contributed by atoms with Crippen molar-refractivity contribution in [3.8, 4) is 16.9 Å². The molecule has 0 spiro atoms. The van der Waals surface area contributed by atoms with Gasteiger partial charge in [-0.15, -0.1) is 0 Å². The van der Waals surface area contributed by atoms with Crippen LogP contribution in [-0.4, -0.2) is 14.9 Å². The van der Waals surface area contributed by atoms with Crippen molar-refractivity contribution < 1.29 is 5.11 Å². The summed E-state index contributed by atoms with van der Waals surface area (Å²) in [4.78, 5) is 11.6. The predicted octanol–water partition coefficient (Wildman–Crippen LogP) is 1.64. The third kappa shape index (κ3) is 1.69. The topological polar surface area (TPSA) is 55.1 Å². The number of rotatable bonds is 2. The van der Waals surface area contributed by atoms with Crippen LogP contribution in [0.15, 0.2) is 41.3 Å². The standard InChI is InChI=1S/C12H12N2O2/c1-2-14-12(16)11(15)10(8-13-14)9-6-4-3-5-7-9/h3-8,15H,2H2,1H3. The van der Waals surface area contributed by atoms with Crippen LogP contribution in [0.3, 0.4) is 0 Å². The summed E-state index contributed by atoms with van der Waals surface area (Å²) in [6, 6.07) is 9.22. The van der Waals surface area contributed by atoms with Crippen molar-refractivity contribution in [2.45, 2.75) is 13.5 Å². The molecular formula is C12H12N2O2. The summed E-state index contributed by atoms with van der Waals surface area (Å²) in [5, 5.41) is 13.8. The molecule has 4 heteroatoms. The maximum Gasteiger partial charge on any atom is 0.309 e. The molecule has 0 atom stereocenters. The molecule has 0 saturated heterocycles. The summed E-state index contributed by atoms with van der Waals surface area (Å²) in [5.74, 6) is -0.247. The molecule has 1 N–H and O–H groups in total. The molecule has 0 unspecified atom stereocenters. The highest BCUT2D eigenvalue weighted by Gasteiger charge is 2.10. The van der Waals surface area contributed by atoms with Crippen molar-refractivity contribution in [1.82, 2.24) is 9.78 Å². The maximum atomic E-state index is 11.6. The fourth-order valence-corrected chi connectivity index (χ4v) is 1.53. The zero-order valence-electron chi connectivity index (χ0n) is 8.92. The molecule has 1 heterocycles. The fourth-order valence-electron chi connectivity index (χ4n) is 1.53. The van der Waals surface area contributed by atoms with Gasteiger partial charge in [0, 0.05) is 12.1 Å². The van der Waals surface area contributed by atoms with E-state index in [2.05, 4.69) is 5.10 Å². The van der Waals surface area contributed by atoms with E-state index in [1.807, 2.05) is 30.3 Å². The van der Waals surface area contributed by atoms with Gasteiger partial charge in [0.1, 0.15) is 0 Å². The Balaban J connectivity index is 2.61. The zero-order chi connectivity index (χ0) is 11.5. The maximum absolute atomic E-state index is 11.6. The minimum atomic E-state index is -0.455. The molecule has 0 aliphatic heterocycles. The Hall–Kier alpha value is -2.10. The SMILES string of the molecule is CCn1ncc(-c2ccccc2)c(O)c1=O. The van der Waals surface area contributed by atoms with E-state index in [1.54, 1.807) is 6.92 Å². The van der Waals surface area contributed by atoms with Crippen molar-refractivity contribution in [2.24, 2.45) is 0 Å². The van der Waals surface area contributed by atoms with E-state index in [-0.39, 0.29) is 5.75 Å². The number of aryl methyl sites for hydroxylation is 1. The second-order valence-corrected chi connectivity index (χ2v) is 3.39. The van der Waals surface area contributed by atoms with Gasteiger partial charge in [0.2, 0.25) is 0 Å². The summed E-state index contributed by atoms with van der Waals surface area (Å²) < 4.78 is 1.22. The molecule has 0 amide bonds. The van der Waals surface area contributed by atoms with Gasteiger partial charge >= 0.3 is 5.56 Å². The van der Waals surface area contributed by atoms with E-state index >= 15 is 0 Å². The monoisotopic (exact) mass is 216 g/mol. The summed E-state index contributed by atoms with van der Waals surface area (Å²) in [5.41, 5.74) is 0.798. The summed E-state index contributed by atoms with van der Waals surface area (Å²) in [6.45, 7) is 2.25. The number of nitrogens with zero attached hydrogens (tertiary/aromatic N) is 2. The third-order valence-corrected chi connectivity index (χ3v) is 2.40. The van der Waals surface area contributed by atoms with Gasteiger partial charge in [-0.05, 0) is 12.5 Å². The summed E-state index contributed by atoms with van der Waals surface area (Å²) in [7, 11) is 0. The lowest BCUT2D eigenvalue weighted by Gasteiger charge is -2.06. The van der Waals surface area contributed by atoms with Gasteiger partial charge in [0.15, 0.2) is 5.75 Å². The largest absolute Gasteiger partial charge is 0.503 e. The van der Waals surface area contributed by atoms with Gasteiger partial charge in [-0.25, -0.2) is 4.68 Å². The van der Waals surface area contributed by atoms with Gasteiger partial charge in [-0.3, -0.25) is 4.79 Å². The minimum absolute atomic E-state index is 0.247. The molecule has 0 aliphatic rings. The molecule has 2 aromatic rings. The van der Waals surface area contributed by atoms with Crippen LogP contribution in [0.5, 0.6) is 5.75 Å². The molecule has 1 aromatic carbocycles. The average Bonchev–Trinajstić information content (AvgIpc) is 2.34. The van der Waals surface area contributed by atoms with Crippen molar-refractivity contribution in [3.63, 3.8) is 0 Å². The molecular weight excluding hydrogens is 204 g/mol. The molecule has 0 fully saturated rings. The first kappa shape index (κ1) is 10.4. The Kier molecular flexibility index (Phi) is 2.72. The summed E-state index contributed by atoms with van der Waals surface area (Å²) in [6.07, 6.45) is 1.51. The van der Waals surface area contributed by atoms with Gasteiger partial charge in [-0.1, -0.05) is 30.3 Å². The van der Waals surface area contributed by atoms with Crippen LogP contribution in [-0.2, 0) is 6.54 Å². The number of benzene rings is 1. The molecule has 16 heavy (non-hydrogen) atoms. The Labute approximate surface area is 92.8 Å². The minimum Gasteiger partial charge on any atom is -0.503 e. The predicted molar refractivity (Wildman–Crippen MR) is 61.3 cm³/mol. The Morgan fingerprint density at radius 3 is 2.62 bits per heavy atom. The number of hydrogen-bond donors (Lipinski definition) is 1. The van der Waals surface area contributed by atoms with Crippen LogP contribution >= 0.6 is 0 Å². The van der Waals surface area contributed by atoms with E-state index in [0.717, 1.165) is 5.56 Å². The summed E-state index contributed by atoms with van der Waals surface area (Å²) >= 11 is 0. The van der Waals surface area contributed by atoms with E-state index in [1.165, 1.54) is 10.9 Å². The Morgan fingerprint density at radius 1 is 1.31 bits per heavy atom. The molecule has 2 rings (SSSR count). The highest BCUT2D eigenvalue weighted by atomic mass is 16.3. The molecule has 0 saturated carbocycles. The third-order valence-electron chi connectivity index (χ3n) is 2.40. The molecule has 0 radical (unpaired) electrons. The Morgan fingerprint density at radius 2 is 2.00 bits per heavy atom. The van der Waals surface area contributed by atoms with Crippen LogP contribution in [0.1, 0.15) is 6.92 Å². The lowest BCUT2D eigenvalue weighted by molar-refractivity contribution is 0.450. The normalized spacial score (nSPS) is 10.3. The first-order chi connectivity index (χ1) is 7.74. The van der Waals surface area contributed by atoms with Gasteiger partial charge in [0.05, 0.1) is 6.20 Å². The van der Waals surface area contributed by atoms with Crippen LogP contribution in [0.25, 0.3) is 11.1 Å². The van der Waals surface area contributed by atoms with Crippen molar-refractivity contribution in [3.05, 3.63) is 46.9 Å². The second-order valence-electron chi connectivity index (χ2n) is 3.39. The average molecular weight is 216 g/mol. The van der Waals surface area contributed by atoms with E-state index in [4.69, 9.17) is 0 Å². The number of aromatic nitrogens is 2. The quantitative estimate of drug-likeness (QED) is 0.830. The number of aromatic hydroxyl groups is 1. The van der Waals surface area contributed by atoms with Crippen LogP contribution in [0.2, 0.25) is 0 Å². The first-order valence-corrected chi connectivity index (χ1v) is 5.08. The molecule has 1 aromatic heterocycles. The van der Waals surface area contributed by atoms with E-state index < -0.39 is 5.56 Å². The van der Waals surface area contributed by atoms with E-state index in [9.17, 15) is 9.90 Å². The van der Waals surface area contributed by atoms with Crippen LogP contribution < -0.4 is 5.56 Å². The molecule has 0 aliphatic carbocycles. The van der Waals surface area contributed by atoms with Crippen molar-refractivity contribution in [2.75, 3.05) is 0 Å². The van der Waals surface area contributed by atoms with Crippen LogP contribution in [0, 0.1) is 0 Å². The number of hydrogen-bond acceptors (Lipinski definition) is 3. The first-order valence-electron chi connectivity index (χ1n) is 5.08. The highest BCUT2D eigenvalue weighted by Crippen LogP contribution is 2.24. The lowest BCUT2D eigenvalue weighted by atomic mass is 10.1. The van der Waals surface area contributed by atoms with Crippen LogP contribution in [0.4, 0.5) is 0 Å². The highest BCUT2D eigenvalue weighted by molar-refractivity contribution is 5.68. The molecule has 82 valence electrons. The fraction of sp³-hybridized carbons (Fsp3) is 0.167. The lowest BCUT2D eigenvalue weighted by Crippen LogP contribution is -2.21. The van der Waals surface area contributed by atoms with Gasteiger partial charge in [0.25, 0.3) is 0 Å². The molecule has 4 nitrogen and oxygen atoms in total. The van der Waals surface area contributed by atoms with Crippen molar-refractivity contribution in [1.29, 1.82) is 0 Å². The van der Waals surface area contributed by atoms with Gasteiger partial charge in [-0.2, -0.15) is 5.10 Å². The smallest absolute Gasteiger partial charge is 0.309 e. The Bertz CT molecular complexity index is 547. The zero-order valence-corrected chi connectivity index (χ0v) is 8.92. The van der Waals surface area contributed by atoms with Gasteiger partial charge < -0.3 is 5.11 Å².